The first kappa shape index (κ1) is 60.1. The number of anilines is 6. The quantitative estimate of drug-likeness (QED) is 0.0207. The number of benzene rings is 4. The van der Waals surface area contributed by atoms with Crippen LogP contribution in [-0.4, -0.2) is 98.8 Å². The Morgan fingerprint density at radius 3 is 1.51 bits per heavy atom. The molecule has 0 fully saturated rings. The maximum atomic E-state index is 12.7. The number of nitrogens with zero attached hydrogens (tertiary/aromatic N) is 4. The van der Waals surface area contributed by atoms with E-state index in [1.165, 1.54) is 20.4 Å². The zero-order valence-electron chi connectivity index (χ0n) is 40.6. The van der Waals surface area contributed by atoms with Crippen molar-refractivity contribution in [1.82, 2.24) is 19.9 Å². The molecule has 0 radical (unpaired) electrons. The van der Waals surface area contributed by atoms with E-state index in [4.69, 9.17) is 38.4 Å². The number of methoxy groups -OCH3 is 4. The van der Waals surface area contributed by atoms with Crippen LogP contribution in [0.3, 0.4) is 0 Å². The molecule has 4 aromatic carbocycles. The molecule has 0 bridgehead atoms. The Morgan fingerprint density at radius 1 is 0.667 bits per heavy atom. The van der Waals surface area contributed by atoms with Crippen molar-refractivity contribution < 1.29 is 37.7 Å². The molecule has 6 aromatic rings. The summed E-state index contributed by atoms with van der Waals surface area (Å²) in [6.45, 7) is 14.3. The number of aromatic nitrogens is 4. The van der Waals surface area contributed by atoms with Gasteiger partial charge in [-0.15, -0.1) is 0 Å². The van der Waals surface area contributed by atoms with Gasteiger partial charge in [-0.1, -0.05) is 84.0 Å². The number of nitrogens with two attached hydrogens (primary N) is 1. The van der Waals surface area contributed by atoms with Gasteiger partial charge in [-0.05, 0) is 87.3 Å². The molecule has 0 unspecified atom stereocenters. The van der Waals surface area contributed by atoms with Gasteiger partial charge in [-0.25, -0.2) is 29.5 Å². The van der Waals surface area contributed by atoms with E-state index >= 15 is 0 Å². The lowest BCUT2D eigenvalue weighted by atomic mass is 10.1. The number of rotatable bonds is 18. The summed E-state index contributed by atoms with van der Waals surface area (Å²) in [5.74, 6) is 2.50. The van der Waals surface area contributed by atoms with Gasteiger partial charge >= 0.3 is 11.9 Å². The Bertz CT molecular complexity index is 2960. The van der Waals surface area contributed by atoms with Crippen molar-refractivity contribution in [2.75, 3.05) is 88.7 Å². The molecule has 0 aliphatic carbocycles. The van der Waals surface area contributed by atoms with Crippen LogP contribution in [0.25, 0.3) is 0 Å². The van der Waals surface area contributed by atoms with Gasteiger partial charge in [0, 0.05) is 69.0 Å². The third kappa shape index (κ3) is 17.8. The lowest BCUT2D eigenvalue weighted by Crippen LogP contribution is -2.13. The Kier molecular flexibility index (Phi) is 23.5. The number of carbonyl (C=O) groups excluding carboxylic acids is 2. The van der Waals surface area contributed by atoms with Crippen LogP contribution in [0.15, 0.2) is 122 Å². The summed E-state index contributed by atoms with van der Waals surface area (Å²) in [7, 11) is 0.850. The van der Waals surface area contributed by atoms with Gasteiger partial charge in [0.1, 0.15) is 47.5 Å². The first-order valence-corrected chi connectivity index (χ1v) is 28.5. The molecule has 0 saturated heterocycles. The fraction of sp³-hybridized carbons (Fsp3) is 0.255. The summed E-state index contributed by atoms with van der Waals surface area (Å²) in [4.78, 5) is 39.8. The number of para-hydroxylation sites is 2. The van der Waals surface area contributed by atoms with Crippen LogP contribution < -0.4 is 41.8 Å². The third-order valence-electron chi connectivity index (χ3n) is 9.96. The number of nitrogens with one attached hydrogen (secondary N) is 3. The molecule has 0 saturated carbocycles. The van der Waals surface area contributed by atoms with Gasteiger partial charge in [-0.3, -0.25) is 0 Å². The van der Waals surface area contributed by atoms with Crippen LogP contribution in [0.5, 0.6) is 11.5 Å². The van der Waals surface area contributed by atoms with Crippen molar-refractivity contribution in [3.05, 3.63) is 154 Å². The van der Waals surface area contributed by atoms with Gasteiger partial charge < -0.3 is 49.8 Å². The molecular formula is C51H61BrCl2N8O8P2. The Morgan fingerprint density at radius 2 is 1.10 bits per heavy atom. The predicted octanol–water partition coefficient (Wildman–Crippen LogP) is 10.9. The number of alkyl halides is 1. The Balaban J connectivity index is 0.000000331. The van der Waals surface area contributed by atoms with E-state index in [9.17, 15) is 18.7 Å². The molecule has 0 atom stereocenters. The van der Waals surface area contributed by atoms with E-state index in [2.05, 4.69) is 74.4 Å². The molecule has 0 amide bonds. The van der Waals surface area contributed by atoms with Crippen LogP contribution in [-0.2, 0) is 41.0 Å². The van der Waals surface area contributed by atoms with Crippen LogP contribution in [0, 0.1) is 0 Å². The van der Waals surface area contributed by atoms with Crippen molar-refractivity contribution in [1.29, 1.82) is 0 Å². The topological polar surface area (TPSA) is 219 Å². The molecule has 384 valence electrons. The van der Waals surface area contributed by atoms with E-state index in [1.54, 1.807) is 53.1 Å². The maximum absolute atomic E-state index is 12.7. The number of ether oxygens (including phenoxy) is 4. The first-order chi connectivity index (χ1) is 33.6. The second-order valence-electron chi connectivity index (χ2n) is 16.1. The maximum Gasteiger partial charge on any atom is 0.334 e. The van der Waals surface area contributed by atoms with Crippen LogP contribution >= 0.6 is 53.4 Å². The number of carbonyl (C=O) groups is 2. The largest absolute Gasteiger partial charge is 0.496 e. The highest BCUT2D eigenvalue weighted by Crippen LogP contribution is 2.40. The van der Waals surface area contributed by atoms with E-state index in [0.29, 0.717) is 96.5 Å². The summed E-state index contributed by atoms with van der Waals surface area (Å²) in [5.41, 5.74) is 11.2. The number of halogens is 3. The molecule has 0 aliphatic heterocycles. The highest BCUT2D eigenvalue weighted by Gasteiger charge is 2.20. The molecule has 0 spiro atoms. The van der Waals surface area contributed by atoms with Crippen LogP contribution in [0.1, 0.15) is 30.2 Å². The van der Waals surface area contributed by atoms with E-state index in [0.717, 1.165) is 22.1 Å². The minimum atomic E-state index is -2.52. The molecule has 5 N–H and O–H groups in total. The smallest absolute Gasteiger partial charge is 0.334 e. The second-order valence-corrected chi connectivity index (χ2v) is 23.8. The number of nitrogen functional groups attached to an aromatic ring is 1. The zero-order valence-corrected chi connectivity index (χ0v) is 45.5. The molecule has 2 aromatic heterocycles. The van der Waals surface area contributed by atoms with Gasteiger partial charge in [0.15, 0.2) is 11.6 Å². The Labute approximate surface area is 440 Å². The number of hydrogen-bond donors (Lipinski definition) is 4. The van der Waals surface area contributed by atoms with Gasteiger partial charge in [0.2, 0.25) is 0 Å². The first-order valence-electron chi connectivity index (χ1n) is 21.4. The van der Waals surface area contributed by atoms with E-state index in [-0.39, 0.29) is 19.9 Å². The van der Waals surface area contributed by atoms with Crippen molar-refractivity contribution >= 4 is 110 Å². The molecule has 21 heteroatoms. The van der Waals surface area contributed by atoms with Gasteiger partial charge in [-0.2, -0.15) is 0 Å². The fourth-order valence-electron chi connectivity index (χ4n) is 6.43. The van der Waals surface area contributed by atoms with Crippen molar-refractivity contribution in [3.8, 4) is 11.5 Å². The Hall–Kier alpha value is -6.22. The molecule has 16 nitrogen and oxygen atoms in total. The van der Waals surface area contributed by atoms with E-state index in [1.807, 2.05) is 78.9 Å². The molecular weight excluding hydrogens is 1070 g/mol. The van der Waals surface area contributed by atoms with E-state index < -0.39 is 20.3 Å². The monoisotopic (exact) mass is 1120 g/mol. The number of hydrogen-bond acceptors (Lipinski definition) is 16. The summed E-state index contributed by atoms with van der Waals surface area (Å²) >= 11 is 15.7. The minimum absolute atomic E-state index is 0. The fourth-order valence-corrected chi connectivity index (χ4v) is 9.25. The summed E-state index contributed by atoms with van der Waals surface area (Å²) in [6, 6.07) is 25.8. The lowest BCUT2D eigenvalue weighted by molar-refractivity contribution is -0.136. The summed E-state index contributed by atoms with van der Waals surface area (Å²) < 4.78 is 45.2. The SMILES string of the molecule is C.C=C(CBr)C(=O)OC.C=C(CNc1ccc(OC)c(Cc2ncc(Cl)c(Nc3ccccc3P(C)(C)=O)n2)c1)C(=O)OC.COc1ccc(N)cc1Cc1ncc(Cl)c(Nc2ccccc2P(C)(C)=O)n1. The second kappa shape index (κ2) is 28.1. The average molecular weight is 1130 g/mol. The zero-order chi connectivity index (χ0) is 52.5. The van der Waals surface area contributed by atoms with Crippen molar-refractivity contribution in [2.45, 2.75) is 20.3 Å². The van der Waals surface area contributed by atoms with Gasteiger partial charge in [0.25, 0.3) is 0 Å². The third-order valence-corrected chi connectivity index (χ3v) is 14.3. The summed E-state index contributed by atoms with van der Waals surface area (Å²) in [6.07, 6.45) is 3.87. The normalized spacial score (nSPS) is 10.7. The highest BCUT2D eigenvalue weighted by molar-refractivity contribution is 9.09. The van der Waals surface area contributed by atoms with Crippen molar-refractivity contribution in [3.63, 3.8) is 0 Å². The van der Waals surface area contributed by atoms with Crippen LogP contribution in [0.2, 0.25) is 10.0 Å². The summed E-state index contributed by atoms with van der Waals surface area (Å²) in [5, 5.41) is 12.2. The molecule has 0 aliphatic rings. The lowest BCUT2D eigenvalue weighted by Gasteiger charge is -2.16. The standard InChI is InChI=1S/C25H28ClN4O4P.C20H22ClN4O2P.C5H7BrO2.CH4/c1-16(25(31)34-3)14-27-18-10-11-21(33-2)17(12-18)13-23-28-15-19(26)24(30-23)29-20-8-6-7-9-22(20)35(4,5)32;1-27-17-9-8-14(22)10-13(17)11-19-23-12-15(21)20(25-19)24-16-6-4-5-7-18(16)28(2,3)26;1-4(3-6)5(7)8-2;/h6-12,15,27H,1,13-14H2,2-5H3,(H,28,29,30);4-10,12H,11,22H2,1-3H3,(H,23,24,25);1,3H2,2H3;1H4. The van der Waals surface area contributed by atoms with Crippen molar-refractivity contribution in [2.24, 2.45) is 0 Å². The van der Waals surface area contributed by atoms with Gasteiger partial charge in [0.05, 0.1) is 52.2 Å². The molecule has 6 rings (SSSR count). The van der Waals surface area contributed by atoms with Crippen LogP contribution in [0.4, 0.5) is 34.4 Å². The minimum Gasteiger partial charge on any atom is -0.496 e. The highest BCUT2D eigenvalue weighted by atomic mass is 79.9. The predicted molar refractivity (Wildman–Crippen MR) is 299 cm³/mol. The molecule has 72 heavy (non-hydrogen) atoms. The molecule has 2 heterocycles. The number of esters is 2. The average Bonchev–Trinajstić information content (AvgIpc) is 3.34.